The topological polar surface area (TPSA) is 11.4 Å². The molecule has 0 saturated heterocycles. The molecule has 0 unspecified atom stereocenters. The summed E-state index contributed by atoms with van der Waals surface area (Å²) in [4.78, 5) is 11.6. The third-order valence-corrected chi connectivity index (χ3v) is 27.5. The smallest absolute Gasteiger partial charge is 0.248 e. The fraction of sp³-hybridized carbons (Fsp3) is 0.0755. The number of nitrogens with zero attached hydrogens (tertiary/aromatic N) is 3. The van der Waals surface area contributed by atoms with Crippen molar-refractivity contribution < 1.29 is 0 Å². The van der Waals surface area contributed by atoms with Crippen LogP contribution in [0.1, 0.15) is 52.7 Å². The van der Waals surface area contributed by atoms with Crippen molar-refractivity contribution in [2.45, 2.75) is 81.9 Å². The van der Waals surface area contributed by atoms with E-state index in [4.69, 9.17) is 0 Å². The van der Waals surface area contributed by atoms with Crippen molar-refractivity contribution in [1.29, 1.82) is 0 Å². The van der Waals surface area contributed by atoms with Crippen molar-refractivity contribution in [3.05, 3.63) is 387 Å². The molecule has 0 N–H and O–H groups in total. The summed E-state index contributed by atoms with van der Waals surface area (Å²) in [6, 6.07) is 138. The lowest BCUT2D eigenvalue weighted by Crippen LogP contribution is -2.52. The maximum atomic E-state index is 2.48. The highest BCUT2D eigenvalue weighted by atomic mass is 32.2. The minimum absolute atomic E-state index is 0.148. The van der Waals surface area contributed by atoms with E-state index in [0.29, 0.717) is 13.4 Å². The quantitative estimate of drug-likeness (QED) is 0.133. The van der Waals surface area contributed by atoms with Crippen LogP contribution in [0.2, 0.25) is 0 Å². The molecule has 0 aliphatic carbocycles. The molecule has 0 bridgehead atoms. The van der Waals surface area contributed by atoms with Crippen molar-refractivity contribution in [2.75, 3.05) is 9.80 Å². The van der Waals surface area contributed by atoms with Gasteiger partial charge in [-0.2, -0.15) is 0 Å². The number of anilines is 6. The molecule has 0 fully saturated rings. The fourth-order valence-corrected chi connectivity index (χ4v) is 22.4. The van der Waals surface area contributed by atoms with Crippen LogP contribution >= 0.6 is 35.3 Å². The second-order valence-electron chi connectivity index (χ2n) is 33.0. The van der Waals surface area contributed by atoms with E-state index in [1.54, 1.807) is 0 Å². The zero-order chi connectivity index (χ0) is 77.2. The highest BCUT2D eigenvalue weighted by molar-refractivity contribution is 8.00. The molecule has 6 aliphatic rings. The molecular weight excluding hydrogens is 1440 g/mol. The number of aromatic nitrogens is 1. The molecular formula is C106H80B3N3S3. The Bertz CT molecular complexity index is 6580. The summed E-state index contributed by atoms with van der Waals surface area (Å²) in [6.07, 6.45) is 0. The first-order valence-electron chi connectivity index (χ1n) is 40.1. The van der Waals surface area contributed by atoms with E-state index in [9.17, 15) is 0 Å². The predicted molar refractivity (Wildman–Crippen MR) is 496 cm³/mol. The summed E-state index contributed by atoms with van der Waals surface area (Å²) in [7, 11) is 0. The molecule has 1 aromatic heterocycles. The third kappa shape index (κ3) is 12.3. The maximum Gasteiger partial charge on any atom is 0.248 e. The number of hydrogen-bond donors (Lipinski definition) is 0. The minimum atomic E-state index is 0.148. The fourth-order valence-electron chi connectivity index (χ4n) is 18.6. The van der Waals surface area contributed by atoms with Crippen LogP contribution in [0.4, 0.5) is 34.1 Å². The minimum Gasteiger partial charge on any atom is -0.310 e. The zero-order valence-corrected chi connectivity index (χ0v) is 67.5. The number of fused-ring (bicyclic) bond motifs is 17. The van der Waals surface area contributed by atoms with Crippen molar-refractivity contribution in [3.63, 3.8) is 0 Å². The van der Waals surface area contributed by atoms with Gasteiger partial charge in [0.1, 0.15) is 0 Å². The largest absolute Gasteiger partial charge is 0.310 e. The molecule has 115 heavy (non-hydrogen) atoms. The van der Waals surface area contributed by atoms with E-state index in [1.807, 2.05) is 35.3 Å². The summed E-state index contributed by atoms with van der Waals surface area (Å²) in [5.74, 6) is 0. The van der Waals surface area contributed by atoms with Crippen LogP contribution in [0.5, 0.6) is 0 Å². The number of para-hydroxylation sites is 6. The molecule has 0 radical (unpaired) electrons. The van der Waals surface area contributed by atoms with E-state index in [0.717, 1.165) is 17.1 Å². The molecule has 17 aromatic rings. The molecule has 546 valence electrons. The van der Waals surface area contributed by atoms with Crippen molar-refractivity contribution in [3.8, 4) is 61.3 Å². The Morgan fingerprint density at radius 2 is 0.670 bits per heavy atom. The second kappa shape index (κ2) is 28.5. The summed E-state index contributed by atoms with van der Waals surface area (Å²) < 4.78 is 2.48. The zero-order valence-electron chi connectivity index (χ0n) is 65.1. The maximum absolute atomic E-state index is 2.48. The lowest BCUT2D eigenvalue weighted by molar-refractivity contribution is 0.590. The van der Waals surface area contributed by atoms with E-state index in [1.165, 1.54) is 179 Å². The molecule has 0 atom stereocenters. The van der Waals surface area contributed by atoms with Gasteiger partial charge in [-0.3, -0.25) is 0 Å². The van der Waals surface area contributed by atoms with Gasteiger partial charge in [-0.1, -0.05) is 359 Å². The summed E-state index contributed by atoms with van der Waals surface area (Å²) in [5.41, 5.74) is 38.8. The van der Waals surface area contributed by atoms with Crippen LogP contribution in [0.15, 0.2) is 406 Å². The van der Waals surface area contributed by atoms with Gasteiger partial charge in [-0.25, -0.2) is 0 Å². The SMILES string of the molecule is CC(C)(C)c1ccc(-c2ccc3c(c2)Sc2cccc4c2B3c2ccc(C(C)(C)C)cc2-4)cc1.c1ccc(-c2cc3c4c(c2)-c2cc(N(c5ccccc5)c5ccccc5)ccc2B4c2c(n(-c4ccccc4)c4ccccc24)S3)cc1.c1ccc(N(c2ccccc2)c2ccc3c(c2)Sc2cccc4c2B3c2ccccc2-4)cc1. The van der Waals surface area contributed by atoms with Gasteiger partial charge in [-0.05, 0) is 226 Å². The number of hydrogen-bond acceptors (Lipinski definition) is 5. The molecule has 0 saturated carbocycles. The Labute approximate surface area is 689 Å². The van der Waals surface area contributed by atoms with Gasteiger partial charge in [0.05, 0.1) is 10.5 Å². The molecule has 0 spiro atoms. The first-order valence-corrected chi connectivity index (χ1v) is 42.6. The Kier molecular flexibility index (Phi) is 17.5. The van der Waals surface area contributed by atoms with Crippen LogP contribution in [-0.4, -0.2) is 24.7 Å². The molecule has 16 aromatic carbocycles. The van der Waals surface area contributed by atoms with Crippen LogP contribution in [0.25, 0.3) is 72.2 Å². The molecule has 6 aliphatic heterocycles. The Hall–Kier alpha value is -12.1. The van der Waals surface area contributed by atoms with Crippen LogP contribution in [-0.2, 0) is 10.8 Å². The summed E-state index contributed by atoms with van der Waals surface area (Å²) >= 11 is 5.77. The van der Waals surface area contributed by atoms with Crippen molar-refractivity contribution in [2.24, 2.45) is 0 Å². The Balaban J connectivity index is 0.000000111. The van der Waals surface area contributed by atoms with E-state index >= 15 is 0 Å². The van der Waals surface area contributed by atoms with Gasteiger partial charge < -0.3 is 14.4 Å². The Morgan fingerprint density at radius 3 is 1.27 bits per heavy atom. The van der Waals surface area contributed by atoms with Crippen LogP contribution < -0.4 is 59.0 Å². The second-order valence-corrected chi connectivity index (χ2v) is 36.2. The summed E-state index contributed by atoms with van der Waals surface area (Å²) in [6.45, 7) is 14.5. The summed E-state index contributed by atoms with van der Waals surface area (Å²) in [5, 5.41) is 2.63. The number of rotatable bonds is 9. The lowest BCUT2D eigenvalue weighted by atomic mass is 9.38. The molecule has 9 heteroatoms. The third-order valence-electron chi connectivity index (χ3n) is 24.1. The Morgan fingerprint density at radius 1 is 0.243 bits per heavy atom. The first-order chi connectivity index (χ1) is 56.3. The van der Waals surface area contributed by atoms with E-state index < -0.39 is 0 Å². The first kappa shape index (κ1) is 70.7. The van der Waals surface area contributed by atoms with Crippen LogP contribution in [0.3, 0.4) is 0 Å². The van der Waals surface area contributed by atoms with Gasteiger partial charge in [0.25, 0.3) is 0 Å². The van der Waals surface area contributed by atoms with Gasteiger partial charge in [0.15, 0.2) is 0 Å². The molecule has 3 nitrogen and oxygen atoms in total. The highest BCUT2D eigenvalue weighted by Crippen LogP contribution is 2.48. The van der Waals surface area contributed by atoms with Gasteiger partial charge in [-0.15, -0.1) is 0 Å². The molecule has 23 rings (SSSR count). The average Bonchev–Trinajstić information content (AvgIpc) is 1.54. The van der Waals surface area contributed by atoms with Crippen LogP contribution in [0, 0.1) is 0 Å². The number of benzene rings is 16. The van der Waals surface area contributed by atoms with E-state index in [-0.39, 0.29) is 17.5 Å². The normalized spacial score (nSPS) is 13.0. The predicted octanol–water partition coefficient (Wildman–Crippen LogP) is 22.8. The highest BCUT2D eigenvalue weighted by Gasteiger charge is 2.45. The van der Waals surface area contributed by atoms with Gasteiger partial charge >= 0.3 is 0 Å². The lowest BCUT2D eigenvalue weighted by Gasteiger charge is -2.29. The molecule has 0 amide bonds. The standard InChI is InChI=1S/C44H29BN2S.C32H31BS.C30H20BNS/c1-5-15-30(16-6-1)31-27-38-37-29-35(46(32-17-7-2-8-18-32)33-19-9-3-10-20-33)25-26-39(37)45-42(38)41(28-31)48-44-43(45)36-23-13-14-24-40(36)47(44)34-21-11-4-12-22-34;1-31(2,3)22-13-10-20(11-14-22)21-12-16-27-29(18-21)34-28-9-7-8-24-25-19-23(32(4,5)6)15-17-26(25)33(27)30(24)28;1-3-10-21(11-4-1)32(22-12-5-2-6-13-22)23-18-19-27-29(20-23)33-28-17-9-15-25-24-14-7-8-16-26(24)31(27)30(25)28/h1-29H;7-19H,1-6H3;1-20H. The average molecular weight is 1520 g/mol. The van der Waals surface area contributed by atoms with Crippen molar-refractivity contribution in [1.82, 2.24) is 4.57 Å². The van der Waals surface area contributed by atoms with Gasteiger partial charge in [0.2, 0.25) is 20.1 Å². The molecule has 7 heterocycles. The van der Waals surface area contributed by atoms with Gasteiger partial charge in [0, 0.05) is 64.3 Å². The van der Waals surface area contributed by atoms with E-state index in [2.05, 4.69) is 432 Å². The monoisotopic (exact) mass is 1520 g/mol. The van der Waals surface area contributed by atoms with Crippen molar-refractivity contribution >= 4 is 150 Å².